The van der Waals surface area contributed by atoms with Crippen LogP contribution in [0.4, 0.5) is 4.39 Å². The minimum absolute atomic E-state index is 0.0184. The first-order chi connectivity index (χ1) is 9.81. The number of benzene rings is 2. The van der Waals surface area contributed by atoms with Crippen molar-refractivity contribution in [1.29, 1.82) is 5.26 Å². The third kappa shape index (κ3) is 3.37. The molecule has 0 heterocycles. The highest BCUT2D eigenvalue weighted by Crippen LogP contribution is 2.27. The third-order valence-corrected chi connectivity index (χ3v) is 3.81. The smallest absolute Gasteiger partial charge is 0.238 e. The van der Waals surface area contributed by atoms with Crippen molar-refractivity contribution in [3.8, 4) is 17.6 Å². The Kier molecular flexibility index (Phi) is 3.93. The van der Waals surface area contributed by atoms with Crippen LogP contribution in [0.15, 0.2) is 41.3 Å². The lowest BCUT2D eigenvalue weighted by Gasteiger charge is -2.09. The number of nitriles is 1. The largest absolute Gasteiger partial charge is 0.454 e. The van der Waals surface area contributed by atoms with Crippen molar-refractivity contribution in [2.45, 2.75) is 11.8 Å². The van der Waals surface area contributed by atoms with E-state index in [1.165, 1.54) is 30.3 Å². The molecule has 0 atom stereocenters. The fourth-order valence-corrected chi connectivity index (χ4v) is 2.55. The van der Waals surface area contributed by atoms with Crippen LogP contribution >= 0.6 is 0 Å². The van der Waals surface area contributed by atoms with E-state index in [1.807, 2.05) is 6.07 Å². The number of nitrogens with zero attached hydrogens (tertiary/aromatic N) is 1. The molecule has 0 aliphatic rings. The van der Waals surface area contributed by atoms with Crippen LogP contribution in [0.2, 0.25) is 0 Å². The molecule has 0 saturated carbocycles. The number of sulfonamides is 1. The van der Waals surface area contributed by atoms with Crippen molar-refractivity contribution >= 4 is 10.0 Å². The molecule has 7 heteroatoms. The highest BCUT2D eigenvalue weighted by Gasteiger charge is 2.13. The van der Waals surface area contributed by atoms with Gasteiger partial charge in [0.2, 0.25) is 10.0 Å². The monoisotopic (exact) mass is 306 g/mol. The number of aryl methyl sites for hydroxylation is 1. The van der Waals surface area contributed by atoms with Crippen LogP contribution in [0.3, 0.4) is 0 Å². The first-order valence-corrected chi connectivity index (χ1v) is 7.37. The van der Waals surface area contributed by atoms with Crippen molar-refractivity contribution in [1.82, 2.24) is 0 Å². The molecule has 2 rings (SSSR count). The lowest BCUT2D eigenvalue weighted by Crippen LogP contribution is -2.13. The van der Waals surface area contributed by atoms with Crippen LogP contribution in [0, 0.1) is 24.1 Å². The first-order valence-electron chi connectivity index (χ1n) is 5.82. The maximum Gasteiger partial charge on any atom is 0.238 e. The van der Waals surface area contributed by atoms with Crippen LogP contribution in [-0.2, 0) is 10.0 Å². The Bertz CT molecular complexity index is 842. The normalized spacial score (nSPS) is 11.0. The van der Waals surface area contributed by atoms with E-state index in [-0.39, 0.29) is 22.0 Å². The van der Waals surface area contributed by atoms with Gasteiger partial charge in [-0.05, 0) is 48.9 Å². The molecular formula is C14H11FN2O3S. The van der Waals surface area contributed by atoms with Crippen LogP contribution in [0.5, 0.6) is 11.5 Å². The van der Waals surface area contributed by atoms with Gasteiger partial charge in [0.15, 0.2) is 11.6 Å². The number of hydrogen-bond acceptors (Lipinski definition) is 4. The molecule has 0 aliphatic heterocycles. The number of rotatable bonds is 3. The molecular weight excluding hydrogens is 295 g/mol. The molecule has 2 N–H and O–H groups in total. The molecule has 108 valence electrons. The quantitative estimate of drug-likeness (QED) is 0.942. The number of halogens is 1. The van der Waals surface area contributed by atoms with E-state index < -0.39 is 15.8 Å². The summed E-state index contributed by atoms with van der Waals surface area (Å²) in [6, 6.07) is 9.74. The van der Waals surface area contributed by atoms with Crippen LogP contribution < -0.4 is 9.88 Å². The van der Waals surface area contributed by atoms with Gasteiger partial charge in [0, 0.05) is 0 Å². The average Bonchev–Trinajstić information content (AvgIpc) is 2.39. The van der Waals surface area contributed by atoms with E-state index >= 15 is 0 Å². The van der Waals surface area contributed by atoms with E-state index in [4.69, 9.17) is 15.1 Å². The van der Waals surface area contributed by atoms with E-state index in [9.17, 15) is 12.8 Å². The van der Waals surface area contributed by atoms with E-state index in [2.05, 4.69) is 0 Å². The van der Waals surface area contributed by atoms with Gasteiger partial charge in [-0.2, -0.15) is 5.26 Å². The predicted octanol–water partition coefficient (Wildman–Crippen LogP) is 2.45. The summed E-state index contributed by atoms with van der Waals surface area (Å²) >= 11 is 0. The van der Waals surface area contributed by atoms with E-state index in [0.717, 1.165) is 6.07 Å². The highest BCUT2D eigenvalue weighted by atomic mass is 32.2. The molecule has 2 aromatic rings. The molecule has 0 amide bonds. The van der Waals surface area contributed by atoms with Crippen molar-refractivity contribution in [2.75, 3.05) is 0 Å². The molecule has 0 unspecified atom stereocenters. The highest BCUT2D eigenvalue weighted by molar-refractivity contribution is 7.89. The van der Waals surface area contributed by atoms with Crippen molar-refractivity contribution in [3.05, 3.63) is 53.3 Å². The Morgan fingerprint density at radius 2 is 1.95 bits per heavy atom. The Morgan fingerprint density at radius 1 is 1.24 bits per heavy atom. The van der Waals surface area contributed by atoms with Gasteiger partial charge in [-0.15, -0.1) is 0 Å². The molecule has 21 heavy (non-hydrogen) atoms. The fraction of sp³-hybridized carbons (Fsp3) is 0.0714. The number of primary sulfonamides is 1. The number of nitrogens with two attached hydrogens (primary N) is 1. The molecule has 0 radical (unpaired) electrons. The lowest BCUT2D eigenvalue weighted by atomic mass is 10.2. The van der Waals surface area contributed by atoms with Crippen molar-refractivity contribution < 1.29 is 17.5 Å². The van der Waals surface area contributed by atoms with Crippen molar-refractivity contribution in [3.63, 3.8) is 0 Å². The summed E-state index contributed by atoms with van der Waals surface area (Å²) in [5.41, 5.74) is 0.574. The summed E-state index contributed by atoms with van der Waals surface area (Å²) in [6.45, 7) is 1.56. The Labute approximate surface area is 121 Å². The van der Waals surface area contributed by atoms with Gasteiger partial charge in [0.1, 0.15) is 5.75 Å². The Hall–Kier alpha value is -2.43. The number of ether oxygens (including phenoxy) is 1. The predicted molar refractivity (Wildman–Crippen MR) is 73.7 cm³/mol. The van der Waals surface area contributed by atoms with E-state index in [1.54, 1.807) is 6.92 Å². The minimum atomic E-state index is -3.81. The second-order valence-corrected chi connectivity index (χ2v) is 5.86. The van der Waals surface area contributed by atoms with Gasteiger partial charge in [-0.3, -0.25) is 0 Å². The molecule has 2 aromatic carbocycles. The second-order valence-electron chi connectivity index (χ2n) is 4.33. The second kappa shape index (κ2) is 5.52. The molecule has 0 bridgehead atoms. The molecule has 0 aromatic heterocycles. The Balaban J connectivity index is 2.33. The van der Waals surface area contributed by atoms with Gasteiger partial charge in [0.05, 0.1) is 16.5 Å². The van der Waals surface area contributed by atoms with Gasteiger partial charge >= 0.3 is 0 Å². The minimum Gasteiger partial charge on any atom is -0.454 e. The van der Waals surface area contributed by atoms with Crippen LogP contribution in [-0.4, -0.2) is 8.42 Å². The fourth-order valence-electron chi connectivity index (χ4n) is 1.78. The standard InChI is InChI=1S/C14H11FN2O3S/c1-9-6-11(3-5-14(9)21(17,18)19)20-13-4-2-10(8-16)7-12(13)15/h2-7H,1H3,(H2,17,18,19). The summed E-state index contributed by atoms with van der Waals surface area (Å²) in [7, 11) is -3.81. The maximum absolute atomic E-state index is 13.7. The summed E-state index contributed by atoms with van der Waals surface area (Å²) in [6.07, 6.45) is 0. The van der Waals surface area contributed by atoms with Gasteiger partial charge < -0.3 is 4.74 Å². The molecule has 0 saturated heterocycles. The summed E-state index contributed by atoms with van der Waals surface area (Å²) < 4.78 is 41.6. The summed E-state index contributed by atoms with van der Waals surface area (Å²) in [5, 5.41) is 13.7. The van der Waals surface area contributed by atoms with Gasteiger partial charge in [-0.1, -0.05) is 0 Å². The summed E-state index contributed by atoms with van der Waals surface area (Å²) in [4.78, 5) is -0.0184. The Morgan fingerprint density at radius 3 is 2.48 bits per heavy atom. The van der Waals surface area contributed by atoms with Crippen LogP contribution in [0.1, 0.15) is 11.1 Å². The van der Waals surface area contributed by atoms with Gasteiger partial charge in [-0.25, -0.2) is 17.9 Å². The maximum atomic E-state index is 13.7. The zero-order chi connectivity index (χ0) is 15.6. The molecule has 5 nitrogen and oxygen atoms in total. The SMILES string of the molecule is Cc1cc(Oc2ccc(C#N)cc2F)ccc1S(N)(=O)=O. The van der Waals surface area contributed by atoms with Crippen molar-refractivity contribution in [2.24, 2.45) is 5.14 Å². The third-order valence-electron chi connectivity index (χ3n) is 2.74. The van der Waals surface area contributed by atoms with Crippen LogP contribution in [0.25, 0.3) is 0 Å². The molecule has 0 fully saturated rings. The topological polar surface area (TPSA) is 93.2 Å². The van der Waals surface area contributed by atoms with Gasteiger partial charge in [0.25, 0.3) is 0 Å². The number of hydrogen-bond donors (Lipinski definition) is 1. The zero-order valence-corrected chi connectivity index (χ0v) is 11.8. The first kappa shape index (κ1) is 15.0. The van der Waals surface area contributed by atoms with E-state index in [0.29, 0.717) is 5.56 Å². The lowest BCUT2D eigenvalue weighted by molar-refractivity contribution is 0.441. The molecule has 0 aliphatic carbocycles. The zero-order valence-electron chi connectivity index (χ0n) is 11.0. The average molecular weight is 306 g/mol. The summed E-state index contributed by atoms with van der Waals surface area (Å²) in [5.74, 6) is -0.470. The molecule has 0 spiro atoms.